The van der Waals surface area contributed by atoms with Gasteiger partial charge in [0.25, 0.3) is 5.92 Å². The third-order valence-corrected chi connectivity index (χ3v) is 4.55. The first-order chi connectivity index (χ1) is 9.55. The summed E-state index contributed by atoms with van der Waals surface area (Å²) in [6.45, 7) is 0.771. The zero-order valence-electron chi connectivity index (χ0n) is 11.2. The van der Waals surface area contributed by atoms with E-state index in [0.29, 0.717) is 13.1 Å². The highest BCUT2D eigenvalue weighted by Crippen LogP contribution is 2.33. The molecule has 1 fully saturated rings. The Morgan fingerprint density at radius 1 is 1.35 bits per heavy atom. The maximum absolute atomic E-state index is 13.2. The number of aliphatic imine (C=N–C) groups is 1. The molecule has 0 radical (unpaired) electrons. The van der Waals surface area contributed by atoms with E-state index < -0.39 is 5.92 Å². The Bertz CT molecular complexity index is 463. The normalized spacial score (nSPS) is 33.5. The van der Waals surface area contributed by atoms with Crippen LogP contribution < -0.4 is 5.32 Å². The minimum atomic E-state index is -2.52. The summed E-state index contributed by atoms with van der Waals surface area (Å²) in [4.78, 5) is 6.17. The van der Waals surface area contributed by atoms with Crippen LogP contribution in [0, 0.1) is 0 Å². The second kappa shape index (κ2) is 5.45. The lowest BCUT2D eigenvalue weighted by molar-refractivity contribution is -0.0656. The van der Waals surface area contributed by atoms with Gasteiger partial charge in [-0.2, -0.15) is 0 Å². The van der Waals surface area contributed by atoms with Crippen LogP contribution in [0.1, 0.15) is 25.7 Å². The van der Waals surface area contributed by atoms with Gasteiger partial charge < -0.3 is 5.32 Å². The van der Waals surface area contributed by atoms with Gasteiger partial charge in [-0.3, -0.25) is 9.89 Å². The topological polar surface area (TPSA) is 27.6 Å². The molecule has 1 N–H and O–H groups in total. The molecular weight excluding hydrogens is 284 g/mol. The molecule has 20 heavy (non-hydrogen) atoms. The van der Waals surface area contributed by atoms with Gasteiger partial charge in [-0.15, -0.1) is 11.6 Å². The van der Waals surface area contributed by atoms with Gasteiger partial charge in [-0.05, 0) is 18.1 Å². The minimum Gasteiger partial charge on any atom is -0.368 e. The number of nitrogens with zero attached hydrogens (tertiary/aromatic N) is 2. The molecule has 0 spiro atoms. The molecule has 0 bridgehead atoms. The molecule has 0 amide bonds. The van der Waals surface area contributed by atoms with E-state index in [0.717, 1.165) is 18.5 Å². The first kappa shape index (κ1) is 14.0. The number of rotatable bonds is 1. The maximum atomic E-state index is 13.2. The first-order valence-electron chi connectivity index (χ1n) is 6.98. The molecule has 3 aliphatic heterocycles. The van der Waals surface area contributed by atoms with Crippen LogP contribution in [0.3, 0.4) is 0 Å². The summed E-state index contributed by atoms with van der Waals surface area (Å²) >= 11 is 6.47. The third-order valence-electron chi connectivity index (χ3n) is 4.16. The average Bonchev–Trinajstić information content (AvgIpc) is 2.63. The van der Waals surface area contributed by atoms with E-state index in [1.165, 1.54) is 5.57 Å². The maximum Gasteiger partial charge on any atom is 0.250 e. The average molecular weight is 302 g/mol. The number of nitrogens with one attached hydrogen (secondary N) is 1. The highest BCUT2D eigenvalue weighted by molar-refractivity contribution is 6.21. The van der Waals surface area contributed by atoms with Gasteiger partial charge in [-0.25, -0.2) is 8.78 Å². The van der Waals surface area contributed by atoms with Crippen molar-refractivity contribution in [2.45, 2.75) is 43.1 Å². The number of hydrogen-bond donors (Lipinski definition) is 1. The SMILES string of the molecule is FC1(F)CCN(C2NC3=C(CC=NC=C3)CC2Cl)CC1. The number of allylic oxidation sites excluding steroid dienone is 2. The summed E-state index contributed by atoms with van der Waals surface area (Å²) < 4.78 is 26.5. The van der Waals surface area contributed by atoms with Gasteiger partial charge in [0.15, 0.2) is 0 Å². The van der Waals surface area contributed by atoms with Crippen molar-refractivity contribution in [1.29, 1.82) is 0 Å². The second-order valence-electron chi connectivity index (χ2n) is 5.57. The van der Waals surface area contributed by atoms with E-state index in [1.54, 1.807) is 6.20 Å². The Balaban J connectivity index is 1.71. The van der Waals surface area contributed by atoms with Gasteiger partial charge in [-0.1, -0.05) is 0 Å². The number of likely N-dealkylation sites (tertiary alicyclic amines) is 1. The second-order valence-corrected chi connectivity index (χ2v) is 6.13. The van der Waals surface area contributed by atoms with Crippen LogP contribution in [0.2, 0.25) is 0 Å². The molecule has 0 aromatic rings. The Morgan fingerprint density at radius 3 is 2.85 bits per heavy atom. The van der Waals surface area contributed by atoms with Crippen molar-refractivity contribution in [3.63, 3.8) is 0 Å². The Kier molecular flexibility index (Phi) is 3.82. The van der Waals surface area contributed by atoms with E-state index in [-0.39, 0.29) is 24.4 Å². The lowest BCUT2D eigenvalue weighted by Crippen LogP contribution is -2.56. The van der Waals surface area contributed by atoms with Crippen LogP contribution in [0.25, 0.3) is 0 Å². The summed E-state index contributed by atoms with van der Waals surface area (Å²) in [6, 6.07) is 0. The standard InChI is InChI=1S/C14H18ClF2N3/c15-11-9-10-1-5-18-6-2-12(10)19-13(11)20-7-3-14(16,17)4-8-20/h2,5-6,11,13,19H,1,3-4,7-9H2. The predicted molar refractivity (Wildman–Crippen MR) is 76.2 cm³/mol. The fourth-order valence-corrected chi connectivity index (χ4v) is 3.37. The fraction of sp³-hybridized carbons (Fsp3) is 0.643. The van der Waals surface area contributed by atoms with Crippen molar-refractivity contribution in [3.05, 3.63) is 23.5 Å². The number of halogens is 3. The Hall–Kier alpha value is -0.940. The van der Waals surface area contributed by atoms with Gasteiger partial charge >= 0.3 is 0 Å². The quantitative estimate of drug-likeness (QED) is 0.754. The molecule has 3 aliphatic rings. The zero-order chi connectivity index (χ0) is 14.2. The van der Waals surface area contributed by atoms with Crippen molar-refractivity contribution in [3.8, 4) is 0 Å². The predicted octanol–water partition coefficient (Wildman–Crippen LogP) is 2.89. The molecular formula is C14H18ClF2N3. The monoisotopic (exact) mass is 301 g/mol. The van der Waals surface area contributed by atoms with Gasteiger partial charge in [0.2, 0.25) is 0 Å². The smallest absolute Gasteiger partial charge is 0.250 e. The molecule has 2 atom stereocenters. The highest BCUT2D eigenvalue weighted by Gasteiger charge is 2.39. The van der Waals surface area contributed by atoms with Crippen LogP contribution in [0.4, 0.5) is 8.78 Å². The minimum absolute atomic E-state index is 0.0748. The van der Waals surface area contributed by atoms with Crippen molar-refractivity contribution in [1.82, 2.24) is 10.2 Å². The van der Waals surface area contributed by atoms with Crippen LogP contribution in [-0.2, 0) is 0 Å². The zero-order valence-corrected chi connectivity index (χ0v) is 11.9. The molecule has 0 aromatic heterocycles. The van der Waals surface area contributed by atoms with Crippen LogP contribution >= 0.6 is 11.6 Å². The molecule has 3 nitrogen and oxygen atoms in total. The van der Waals surface area contributed by atoms with Crippen LogP contribution in [0.15, 0.2) is 28.5 Å². The van der Waals surface area contributed by atoms with E-state index in [9.17, 15) is 8.78 Å². The van der Waals surface area contributed by atoms with Gasteiger partial charge in [0, 0.05) is 50.5 Å². The lowest BCUT2D eigenvalue weighted by atomic mass is 9.97. The van der Waals surface area contributed by atoms with E-state index in [2.05, 4.69) is 10.3 Å². The first-order valence-corrected chi connectivity index (χ1v) is 7.41. The molecule has 3 heterocycles. The lowest BCUT2D eigenvalue weighted by Gasteiger charge is -2.42. The van der Waals surface area contributed by atoms with Crippen molar-refractivity contribution in [2.75, 3.05) is 13.1 Å². The van der Waals surface area contributed by atoms with Crippen molar-refractivity contribution < 1.29 is 8.78 Å². The summed E-state index contributed by atoms with van der Waals surface area (Å²) in [5.74, 6) is -2.52. The van der Waals surface area contributed by atoms with Crippen LogP contribution in [-0.4, -0.2) is 41.7 Å². The largest absolute Gasteiger partial charge is 0.368 e. The van der Waals surface area contributed by atoms with Gasteiger partial charge in [0.05, 0.1) is 11.5 Å². The number of hydrogen-bond acceptors (Lipinski definition) is 3. The summed E-state index contributed by atoms with van der Waals surface area (Å²) in [5, 5.41) is 3.31. The highest BCUT2D eigenvalue weighted by atomic mass is 35.5. The Morgan fingerprint density at radius 2 is 2.10 bits per heavy atom. The van der Waals surface area contributed by atoms with Crippen molar-refractivity contribution >= 4 is 17.8 Å². The Labute approximate surface area is 122 Å². The molecule has 6 heteroatoms. The molecule has 3 rings (SSSR count). The summed E-state index contributed by atoms with van der Waals surface area (Å²) in [5.41, 5.74) is 2.28. The molecule has 0 aromatic carbocycles. The van der Waals surface area contributed by atoms with Gasteiger partial charge in [0.1, 0.15) is 0 Å². The van der Waals surface area contributed by atoms with Crippen LogP contribution in [0.5, 0.6) is 0 Å². The fourth-order valence-electron chi connectivity index (χ4n) is 2.96. The van der Waals surface area contributed by atoms with Crippen molar-refractivity contribution in [2.24, 2.45) is 4.99 Å². The molecule has 0 aliphatic carbocycles. The molecule has 110 valence electrons. The summed E-state index contributed by atoms with van der Waals surface area (Å²) in [7, 11) is 0. The van der Waals surface area contributed by atoms with E-state index >= 15 is 0 Å². The van der Waals surface area contributed by atoms with E-state index in [1.807, 2.05) is 17.2 Å². The third kappa shape index (κ3) is 2.88. The number of piperidine rings is 1. The summed E-state index contributed by atoms with van der Waals surface area (Å²) in [6.07, 6.45) is 6.89. The molecule has 2 unspecified atom stereocenters. The van der Waals surface area contributed by atoms with E-state index in [4.69, 9.17) is 11.6 Å². The molecule has 1 saturated heterocycles. The molecule has 0 saturated carbocycles. The number of alkyl halides is 3.